The maximum absolute atomic E-state index is 12.8. The van der Waals surface area contributed by atoms with Crippen LogP contribution in [0.5, 0.6) is 0 Å². The van der Waals surface area contributed by atoms with Crippen LogP contribution in [0.2, 0.25) is 0 Å². The predicted octanol–water partition coefficient (Wildman–Crippen LogP) is 11.4. The van der Waals surface area contributed by atoms with Gasteiger partial charge in [-0.3, -0.25) is 13.8 Å². The van der Waals surface area contributed by atoms with Crippen LogP contribution in [0, 0.1) is 0 Å². The van der Waals surface area contributed by atoms with Gasteiger partial charge in [-0.1, -0.05) is 173 Å². The summed E-state index contributed by atoms with van der Waals surface area (Å²) in [6, 6.07) is -0.856. The number of rotatable bonds is 38. The molecule has 0 aliphatic carbocycles. The number of aliphatic hydroxyl groups excluding tert-OH is 1. The molecule has 9 heteroatoms. The standard InChI is InChI=1S/C42H83N2O6P/c1-6-8-10-12-14-16-18-20-22-23-25-27-29-31-33-35-41(45)40(39-50-51(47,48)49-38-37-44(3,4)5)43-42(46)36-34-32-30-28-26-24-21-19-17-15-13-11-9-7-2/h25,27,33,35,40-41,45H,6-24,26,28-32,34,36-39H2,1-5H3,(H-,43,46,47,48)/p+1/b27-25+,35-33+/t40-,41+/m0/s1. The largest absolute Gasteiger partial charge is 0.472 e. The number of carbonyl (C=O) groups is 1. The zero-order valence-corrected chi connectivity index (χ0v) is 35.0. The average molecular weight is 744 g/mol. The topological polar surface area (TPSA) is 105 Å². The number of allylic oxidation sites excluding steroid dienone is 3. The number of hydrogen-bond acceptors (Lipinski definition) is 5. The van der Waals surface area contributed by atoms with Crippen molar-refractivity contribution in [2.24, 2.45) is 0 Å². The number of nitrogens with one attached hydrogen (secondary N) is 1. The highest BCUT2D eigenvalue weighted by Gasteiger charge is 2.27. The lowest BCUT2D eigenvalue weighted by molar-refractivity contribution is -0.870. The van der Waals surface area contributed by atoms with Crippen LogP contribution in [-0.4, -0.2) is 73.4 Å². The molecule has 0 rings (SSSR count). The van der Waals surface area contributed by atoms with Gasteiger partial charge >= 0.3 is 7.82 Å². The first-order valence-electron chi connectivity index (χ1n) is 21.2. The van der Waals surface area contributed by atoms with Crippen molar-refractivity contribution in [2.75, 3.05) is 40.9 Å². The van der Waals surface area contributed by atoms with E-state index in [1.807, 2.05) is 27.2 Å². The van der Waals surface area contributed by atoms with Crippen molar-refractivity contribution in [2.45, 2.75) is 199 Å². The molecule has 0 aliphatic heterocycles. The normalized spacial score (nSPS) is 14.7. The summed E-state index contributed by atoms with van der Waals surface area (Å²) < 4.78 is 23.5. The van der Waals surface area contributed by atoms with Crippen LogP contribution in [0.4, 0.5) is 0 Å². The van der Waals surface area contributed by atoms with E-state index in [1.54, 1.807) is 6.08 Å². The second kappa shape index (κ2) is 34.7. The van der Waals surface area contributed by atoms with Crippen LogP contribution in [0.1, 0.15) is 187 Å². The maximum Gasteiger partial charge on any atom is 0.472 e. The smallest absolute Gasteiger partial charge is 0.387 e. The fraction of sp³-hybridized carbons (Fsp3) is 0.881. The summed E-state index contributed by atoms with van der Waals surface area (Å²) >= 11 is 0. The minimum Gasteiger partial charge on any atom is -0.387 e. The van der Waals surface area contributed by atoms with E-state index in [-0.39, 0.29) is 19.1 Å². The Kier molecular flexibility index (Phi) is 34.0. The van der Waals surface area contributed by atoms with E-state index in [2.05, 4.69) is 31.3 Å². The van der Waals surface area contributed by atoms with Crippen LogP contribution in [0.25, 0.3) is 0 Å². The number of likely N-dealkylation sites (N-methyl/N-ethyl adjacent to an activating group) is 1. The van der Waals surface area contributed by atoms with Crippen LogP contribution >= 0.6 is 7.82 Å². The summed E-state index contributed by atoms with van der Waals surface area (Å²) in [6.45, 7) is 4.78. The summed E-state index contributed by atoms with van der Waals surface area (Å²) in [5.41, 5.74) is 0. The number of quaternary nitrogens is 1. The molecule has 0 radical (unpaired) electrons. The van der Waals surface area contributed by atoms with Crippen LogP contribution in [-0.2, 0) is 18.4 Å². The third-order valence-electron chi connectivity index (χ3n) is 9.42. The molecule has 51 heavy (non-hydrogen) atoms. The minimum absolute atomic E-state index is 0.0581. The summed E-state index contributed by atoms with van der Waals surface area (Å²) in [5.74, 6) is -0.187. The quantitative estimate of drug-likeness (QED) is 0.0252. The molecule has 0 saturated carbocycles. The molecular weight excluding hydrogens is 659 g/mol. The monoisotopic (exact) mass is 744 g/mol. The highest BCUT2D eigenvalue weighted by Crippen LogP contribution is 2.43. The van der Waals surface area contributed by atoms with Crippen molar-refractivity contribution < 1.29 is 32.9 Å². The molecule has 1 unspecified atom stereocenters. The number of hydrogen-bond donors (Lipinski definition) is 3. The molecule has 0 aromatic carbocycles. The van der Waals surface area contributed by atoms with Gasteiger partial charge in [0.25, 0.3) is 0 Å². The minimum atomic E-state index is -4.34. The lowest BCUT2D eigenvalue weighted by Gasteiger charge is -2.25. The number of nitrogens with zero attached hydrogens (tertiary/aromatic N) is 1. The van der Waals surface area contributed by atoms with Gasteiger partial charge in [-0.2, -0.15) is 0 Å². The van der Waals surface area contributed by atoms with Crippen LogP contribution in [0.3, 0.4) is 0 Å². The second-order valence-electron chi connectivity index (χ2n) is 15.7. The SMILES string of the molecule is CCCCCCCCCCC/C=C/CC/C=C/[C@@H](O)[C@H](COP(=O)(O)OCC[N+](C)(C)C)NC(=O)CCCCCCCCCCCCCCCC. The third-order valence-corrected chi connectivity index (χ3v) is 10.4. The van der Waals surface area contributed by atoms with E-state index in [1.165, 1.54) is 128 Å². The molecule has 8 nitrogen and oxygen atoms in total. The van der Waals surface area contributed by atoms with Crippen molar-refractivity contribution >= 4 is 13.7 Å². The van der Waals surface area contributed by atoms with Gasteiger partial charge in [-0.05, 0) is 32.1 Å². The number of unbranched alkanes of at least 4 members (excludes halogenated alkanes) is 23. The molecule has 0 aromatic rings. The van der Waals surface area contributed by atoms with Gasteiger partial charge in [-0.25, -0.2) is 4.57 Å². The van der Waals surface area contributed by atoms with Crippen molar-refractivity contribution in [3.8, 4) is 0 Å². The van der Waals surface area contributed by atoms with Gasteiger partial charge in [0.05, 0.1) is 39.9 Å². The molecule has 0 fully saturated rings. The van der Waals surface area contributed by atoms with Crippen LogP contribution < -0.4 is 5.32 Å². The van der Waals surface area contributed by atoms with Crippen molar-refractivity contribution in [1.82, 2.24) is 5.32 Å². The molecule has 0 saturated heterocycles. The Bertz CT molecular complexity index is 891. The molecule has 0 bridgehead atoms. The van der Waals surface area contributed by atoms with Gasteiger partial charge in [0.2, 0.25) is 5.91 Å². The average Bonchev–Trinajstić information content (AvgIpc) is 3.07. The summed E-state index contributed by atoms with van der Waals surface area (Å²) in [6.07, 6.45) is 39.5. The lowest BCUT2D eigenvalue weighted by Crippen LogP contribution is -2.45. The first-order chi connectivity index (χ1) is 24.5. The van der Waals surface area contributed by atoms with E-state index in [4.69, 9.17) is 9.05 Å². The Labute approximate surface area is 315 Å². The molecule has 0 heterocycles. The number of amides is 1. The molecule has 0 aromatic heterocycles. The number of phosphoric ester groups is 1. The first kappa shape index (κ1) is 50.0. The van der Waals surface area contributed by atoms with Gasteiger partial charge in [-0.15, -0.1) is 0 Å². The van der Waals surface area contributed by atoms with E-state index in [0.29, 0.717) is 17.4 Å². The van der Waals surface area contributed by atoms with E-state index in [9.17, 15) is 19.4 Å². The molecule has 3 N–H and O–H groups in total. The second-order valence-corrected chi connectivity index (χ2v) is 17.2. The zero-order chi connectivity index (χ0) is 37.9. The third kappa shape index (κ3) is 37.1. The zero-order valence-electron chi connectivity index (χ0n) is 34.1. The molecule has 0 aliphatic rings. The molecule has 302 valence electrons. The molecular formula is C42H84N2O6P+. The van der Waals surface area contributed by atoms with E-state index in [0.717, 1.165) is 38.5 Å². The Morgan fingerprint density at radius 2 is 1.08 bits per heavy atom. The molecule has 0 spiro atoms. The van der Waals surface area contributed by atoms with E-state index < -0.39 is 20.0 Å². The fourth-order valence-electron chi connectivity index (χ4n) is 6.00. The predicted molar refractivity (Wildman–Crippen MR) is 217 cm³/mol. The lowest BCUT2D eigenvalue weighted by atomic mass is 10.0. The molecule has 1 amide bonds. The van der Waals surface area contributed by atoms with Crippen LogP contribution in [0.15, 0.2) is 24.3 Å². The number of phosphoric acid groups is 1. The van der Waals surface area contributed by atoms with Crippen molar-refractivity contribution in [1.29, 1.82) is 0 Å². The maximum atomic E-state index is 12.8. The Hall–Kier alpha value is -1.02. The summed E-state index contributed by atoms with van der Waals surface area (Å²) in [4.78, 5) is 23.0. The van der Waals surface area contributed by atoms with Crippen molar-refractivity contribution in [3.05, 3.63) is 24.3 Å². The van der Waals surface area contributed by atoms with Gasteiger partial charge in [0.15, 0.2) is 0 Å². The van der Waals surface area contributed by atoms with E-state index >= 15 is 0 Å². The van der Waals surface area contributed by atoms with Crippen molar-refractivity contribution in [3.63, 3.8) is 0 Å². The highest BCUT2D eigenvalue weighted by molar-refractivity contribution is 7.47. The Morgan fingerprint density at radius 3 is 1.57 bits per heavy atom. The summed E-state index contributed by atoms with van der Waals surface area (Å²) in [7, 11) is 1.56. The highest BCUT2D eigenvalue weighted by atomic mass is 31.2. The number of aliphatic hydroxyl groups is 1. The Balaban J connectivity index is 4.51. The Morgan fingerprint density at radius 1 is 0.647 bits per heavy atom. The van der Waals surface area contributed by atoms with Gasteiger partial charge in [0, 0.05) is 6.42 Å². The van der Waals surface area contributed by atoms with Gasteiger partial charge in [0.1, 0.15) is 13.2 Å². The summed E-state index contributed by atoms with van der Waals surface area (Å²) in [5, 5.41) is 13.8. The number of carbonyl (C=O) groups excluding carboxylic acids is 1. The first-order valence-corrected chi connectivity index (χ1v) is 22.7. The fourth-order valence-corrected chi connectivity index (χ4v) is 6.73. The van der Waals surface area contributed by atoms with Gasteiger partial charge < -0.3 is 19.8 Å². The molecule has 3 atom stereocenters.